The molecule has 1 aliphatic heterocycles. The number of benzene rings is 2. The number of hydrogen-bond donors (Lipinski definition) is 1. The molecule has 0 aromatic heterocycles. The minimum Gasteiger partial charge on any atom is -0.312 e. The summed E-state index contributed by atoms with van der Waals surface area (Å²) in [5, 5.41) is 3.35. The van der Waals surface area contributed by atoms with Gasteiger partial charge in [-0.25, -0.2) is 0 Å². The van der Waals surface area contributed by atoms with Gasteiger partial charge in [-0.1, -0.05) is 35.9 Å². The van der Waals surface area contributed by atoms with Gasteiger partial charge in [-0.05, 0) is 49.6 Å². The first-order valence-electron chi connectivity index (χ1n) is 7.09. The standard InChI is InChI=1S/C18H19NO/c1-12-3-6-17(13(2)9-12)18(20)15-5-4-14-7-8-19-11-16(14)10-15/h3-6,9-10,19H,7-8,11H2,1-2H3. The molecule has 0 fully saturated rings. The summed E-state index contributed by atoms with van der Waals surface area (Å²) in [7, 11) is 0. The molecular weight excluding hydrogens is 246 g/mol. The molecule has 0 spiro atoms. The molecule has 0 atom stereocenters. The summed E-state index contributed by atoms with van der Waals surface area (Å²) in [6.45, 7) is 5.94. The number of hydrogen-bond acceptors (Lipinski definition) is 2. The highest BCUT2D eigenvalue weighted by Gasteiger charge is 2.15. The zero-order chi connectivity index (χ0) is 14.1. The van der Waals surface area contributed by atoms with Crippen molar-refractivity contribution in [2.24, 2.45) is 0 Å². The van der Waals surface area contributed by atoms with Gasteiger partial charge in [-0.3, -0.25) is 4.79 Å². The molecule has 2 nitrogen and oxygen atoms in total. The third-order valence-electron chi connectivity index (χ3n) is 3.98. The molecule has 0 radical (unpaired) electrons. The number of carbonyl (C=O) groups excluding carboxylic acids is 1. The Morgan fingerprint density at radius 2 is 1.90 bits per heavy atom. The van der Waals surface area contributed by atoms with Crippen LogP contribution in [0.5, 0.6) is 0 Å². The molecule has 3 rings (SSSR count). The van der Waals surface area contributed by atoms with Crippen LogP contribution in [0.15, 0.2) is 36.4 Å². The Labute approximate surface area is 119 Å². The van der Waals surface area contributed by atoms with Gasteiger partial charge in [0.05, 0.1) is 0 Å². The van der Waals surface area contributed by atoms with Crippen molar-refractivity contribution in [3.63, 3.8) is 0 Å². The van der Waals surface area contributed by atoms with E-state index in [1.54, 1.807) is 0 Å². The second-order valence-corrected chi connectivity index (χ2v) is 5.56. The van der Waals surface area contributed by atoms with Crippen molar-refractivity contribution in [3.8, 4) is 0 Å². The fraction of sp³-hybridized carbons (Fsp3) is 0.278. The second-order valence-electron chi connectivity index (χ2n) is 5.56. The molecule has 1 aliphatic rings. The molecule has 102 valence electrons. The van der Waals surface area contributed by atoms with E-state index in [1.165, 1.54) is 16.7 Å². The third kappa shape index (κ3) is 2.39. The minimum absolute atomic E-state index is 0.121. The zero-order valence-electron chi connectivity index (χ0n) is 12.0. The molecule has 2 aromatic rings. The van der Waals surface area contributed by atoms with Gasteiger partial charge < -0.3 is 5.32 Å². The number of rotatable bonds is 2. The highest BCUT2D eigenvalue weighted by Crippen LogP contribution is 2.20. The Bertz CT molecular complexity index is 673. The summed E-state index contributed by atoms with van der Waals surface area (Å²) in [6, 6.07) is 12.1. The second kappa shape index (κ2) is 5.22. The van der Waals surface area contributed by atoms with E-state index in [0.717, 1.165) is 36.2 Å². The van der Waals surface area contributed by atoms with Gasteiger partial charge in [0.1, 0.15) is 0 Å². The van der Waals surface area contributed by atoms with Gasteiger partial charge >= 0.3 is 0 Å². The topological polar surface area (TPSA) is 29.1 Å². The van der Waals surface area contributed by atoms with Crippen molar-refractivity contribution in [3.05, 3.63) is 69.8 Å². The van der Waals surface area contributed by atoms with Crippen molar-refractivity contribution in [2.75, 3.05) is 6.54 Å². The van der Waals surface area contributed by atoms with Crippen LogP contribution in [0.1, 0.15) is 38.2 Å². The maximum absolute atomic E-state index is 12.6. The monoisotopic (exact) mass is 265 g/mol. The lowest BCUT2D eigenvalue weighted by atomic mass is 9.93. The first-order chi connectivity index (χ1) is 9.65. The van der Waals surface area contributed by atoms with Crippen LogP contribution in [-0.4, -0.2) is 12.3 Å². The van der Waals surface area contributed by atoms with E-state index in [2.05, 4.69) is 17.4 Å². The van der Waals surface area contributed by atoms with Gasteiger partial charge in [0.25, 0.3) is 0 Å². The van der Waals surface area contributed by atoms with Crippen LogP contribution in [0.2, 0.25) is 0 Å². The van der Waals surface area contributed by atoms with Crippen LogP contribution in [0.25, 0.3) is 0 Å². The van der Waals surface area contributed by atoms with Crippen molar-refractivity contribution in [1.82, 2.24) is 5.32 Å². The molecule has 2 heteroatoms. The maximum atomic E-state index is 12.6. The molecule has 2 aromatic carbocycles. The molecule has 0 unspecified atom stereocenters. The van der Waals surface area contributed by atoms with Crippen LogP contribution in [0, 0.1) is 13.8 Å². The van der Waals surface area contributed by atoms with Crippen LogP contribution < -0.4 is 5.32 Å². The lowest BCUT2D eigenvalue weighted by molar-refractivity contribution is 0.103. The Balaban J connectivity index is 1.98. The zero-order valence-corrected chi connectivity index (χ0v) is 12.0. The molecule has 0 saturated carbocycles. The summed E-state index contributed by atoms with van der Waals surface area (Å²) in [5.41, 5.74) is 6.45. The normalized spacial score (nSPS) is 13.9. The van der Waals surface area contributed by atoms with E-state index < -0.39 is 0 Å². The molecule has 1 N–H and O–H groups in total. The minimum atomic E-state index is 0.121. The third-order valence-corrected chi connectivity index (χ3v) is 3.98. The van der Waals surface area contributed by atoms with Crippen LogP contribution in [-0.2, 0) is 13.0 Å². The number of nitrogens with one attached hydrogen (secondary N) is 1. The first-order valence-corrected chi connectivity index (χ1v) is 7.09. The van der Waals surface area contributed by atoms with Crippen molar-refractivity contribution < 1.29 is 4.79 Å². The molecule has 0 aliphatic carbocycles. The van der Waals surface area contributed by atoms with E-state index in [9.17, 15) is 4.79 Å². The van der Waals surface area contributed by atoms with Gasteiger partial charge in [0, 0.05) is 17.7 Å². The average molecular weight is 265 g/mol. The van der Waals surface area contributed by atoms with E-state index >= 15 is 0 Å². The van der Waals surface area contributed by atoms with Gasteiger partial charge in [-0.2, -0.15) is 0 Å². The van der Waals surface area contributed by atoms with E-state index in [-0.39, 0.29) is 5.78 Å². The van der Waals surface area contributed by atoms with E-state index in [1.807, 2.05) is 38.1 Å². The summed E-state index contributed by atoms with van der Waals surface area (Å²) >= 11 is 0. The first kappa shape index (κ1) is 13.1. The number of aryl methyl sites for hydroxylation is 2. The van der Waals surface area contributed by atoms with Gasteiger partial charge in [0.15, 0.2) is 5.78 Å². The Morgan fingerprint density at radius 3 is 2.70 bits per heavy atom. The highest BCUT2D eigenvalue weighted by atomic mass is 16.1. The fourth-order valence-corrected chi connectivity index (χ4v) is 2.85. The summed E-state index contributed by atoms with van der Waals surface area (Å²) in [4.78, 5) is 12.6. The Hall–Kier alpha value is -1.93. The van der Waals surface area contributed by atoms with Crippen LogP contribution >= 0.6 is 0 Å². The lowest BCUT2D eigenvalue weighted by Crippen LogP contribution is -2.23. The molecule has 20 heavy (non-hydrogen) atoms. The van der Waals surface area contributed by atoms with Crippen molar-refractivity contribution >= 4 is 5.78 Å². The Morgan fingerprint density at radius 1 is 1.05 bits per heavy atom. The Kier molecular flexibility index (Phi) is 3.41. The largest absolute Gasteiger partial charge is 0.312 e. The van der Waals surface area contributed by atoms with E-state index in [4.69, 9.17) is 0 Å². The molecule has 0 saturated heterocycles. The van der Waals surface area contributed by atoms with Crippen LogP contribution in [0.4, 0.5) is 0 Å². The maximum Gasteiger partial charge on any atom is 0.193 e. The summed E-state index contributed by atoms with van der Waals surface area (Å²) < 4.78 is 0. The number of carbonyl (C=O) groups is 1. The average Bonchev–Trinajstić information content (AvgIpc) is 2.46. The smallest absolute Gasteiger partial charge is 0.193 e. The molecule has 1 heterocycles. The molecular formula is C18H19NO. The molecule has 0 amide bonds. The number of fused-ring (bicyclic) bond motifs is 1. The SMILES string of the molecule is Cc1ccc(C(=O)c2ccc3c(c2)CNCC3)c(C)c1. The van der Waals surface area contributed by atoms with Crippen LogP contribution in [0.3, 0.4) is 0 Å². The highest BCUT2D eigenvalue weighted by molar-refractivity contribution is 6.10. The van der Waals surface area contributed by atoms with Gasteiger partial charge in [0.2, 0.25) is 0 Å². The predicted molar refractivity (Wildman–Crippen MR) is 81.2 cm³/mol. The van der Waals surface area contributed by atoms with Crippen molar-refractivity contribution in [1.29, 1.82) is 0 Å². The quantitative estimate of drug-likeness (QED) is 0.845. The lowest BCUT2D eigenvalue weighted by Gasteiger charge is -2.17. The van der Waals surface area contributed by atoms with E-state index in [0.29, 0.717) is 0 Å². The van der Waals surface area contributed by atoms with Gasteiger partial charge in [-0.15, -0.1) is 0 Å². The number of ketones is 1. The molecule has 0 bridgehead atoms. The summed E-state index contributed by atoms with van der Waals surface area (Å²) in [5.74, 6) is 0.121. The predicted octanol–water partition coefficient (Wildman–Crippen LogP) is 3.18. The van der Waals surface area contributed by atoms with Crippen molar-refractivity contribution in [2.45, 2.75) is 26.8 Å². The fourth-order valence-electron chi connectivity index (χ4n) is 2.85. The summed E-state index contributed by atoms with van der Waals surface area (Å²) in [6.07, 6.45) is 1.05.